The van der Waals surface area contributed by atoms with E-state index in [1.165, 1.54) is 0 Å². The Bertz CT molecular complexity index is 160. The summed E-state index contributed by atoms with van der Waals surface area (Å²) in [5.74, 6) is 0. The Kier molecular flexibility index (Phi) is 4.99. The normalized spacial score (nSPS) is 19.2. The van der Waals surface area contributed by atoms with E-state index in [1.54, 1.807) is 0 Å². The zero-order valence-electron chi connectivity index (χ0n) is 6.65. The van der Waals surface area contributed by atoms with E-state index in [-0.39, 0.29) is 0 Å². The lowest BCUT2D eigenvalue weighted by Crippen LogP contribution is -1.90. The van der Waals surface area contributed by atoms with Crippen molar-refractivity contribution in [1.82, 2.24) is 0 Å². The largest absolute Gasteiger partial charge is 0.371 e. The van der Waals surface area contributed by atoms with E-state index in [0.29, 0.717) is 12.7 Å². The van der Waals surface area contributed by atoms with Crippen molar-refractivity contribution in [1.29, 1.82) is 0 Å². The predicted molar refractivity (Wildman–Crippen MR) is 51.1 cm³/mol. The van der Waals surface area contributed by atoms with Gasteiger partial charge in [-0.15, -0.1) is 0 Å². The van der Waals surface area contributed by atoms with Gasteiger partial charge in [-0.25, -0.2) is 0 Å². The fourth-order valence-electron chi connectivity index (χ4n) is 0.619. The van der Waals surface area contributed by atoms with Crippen molar-refractivity contribution in [3.8, 4) is 0 Å². The van der Waals surface area contributed by atoms with Gasteiger partial charge in [-0.3, -0.25) is 0 Å². The van der Waals surface area contributed by atoms with Gasteiger partial charge in [0.1, 0.15) is 6.10 Å². The topological polar surface area (TPSA) is 21.8 Å². The summed E-state index contributed by atoms with van der Waals surface area (Å²) in [5, 5.41) is 0. The maximum Gasteiger partial charge on any atom is 0.105 e. The molecule has 0 aliphatic carbocycles. The molecule has 0 spiro atoms. The number of rotatable bonds is 2. The van der Waals surface area contributed by atoms with Crippen molar-refractivity contribution >= 4 is 16.3 Å². The van der Waals surface area contributed by atoms with Gasteiger partial charge in [-0.2, -0.15) is 0 Å². The molecular weight excluding hydrogens is 220 g/mol. The van der Waals surface area contributed by atoms with Crippen molar-refractivity contribution in [2.24, 2.45) is 0 Å². The van der Waals surface area contributed by atoms with E-state index in [9.17, 15) is 0 Å². The van der Waals surface area contributed by atoms with Crippen LogP contribution in [-0.4, -0.2) is 19.3 Å². The standard InChI is InChI=1S/C6H6.C3H5BrO2/c1-2-4-6-5-3-1;4-6-2-3-1-5-3/h1-6H;3H,1-2H2. The van der Waals surface area contributed by atoms with Crippen LogP contribution in [0.15, 0.2) is 36.4 Å². The smallest absolute Gasteiger partial charge is 0.105 e. The Morgan fingerprint density at radius 1 is 1.17 bits per heavy atom. The summed E-state index contributed by atoms with van der Waals surface area (Å²) in [5.41, 5.74) is 0. The van der Waals surface area contributed by atoms with E-state index < -0.39 is 0 Å². The van der Waals surface area contributed by atoms with Crippen LogP contribution >= 0.6 is 16.3 Å². The molecule has 0 amide bonds. The Hall–Kier alpha value is -0.380. The van der Waals surface area contributed by atoms with Gasteiger partial charge in [-0.05, 0) is 0 Å². The molecular formula is C9H11BrO2. The third kappa shape index (κ3) is 5.29. The zero-order valence-corrected chi connectivity index (χ0v) is 8.24. The molecule has 1 aromatic rings. The highest BCUT2D eigenvalue weighted by molar-refractivity contribution is 9.06. The summed E-state index contributed by atoms with van der Waals surface area (Å²) < 4.78 is 9.35. The molecule has 1 saturated heterocycles. The second-order valence-electron chi connectivity index (χ2n) is 2.39. The maximum atomic E-state index is 4.79. The van der Waals surface area contributed by atoms with Crippen LogP contribution in [0.25, 0.3) is 0 Å². The average molecular weight is 231 g/mol. The zero-order chi connectivity index (χ0) is 8.65. The van der Waals surface area contributed by atoms with E-state index >= 15 is 0 Å². The molecule has 1 atom stereocenters. The highest BCUT2D eigenvalue weighted by atomic mass is 79.9. The minimum atomic E-state index is 0.379. The van der Waals surface area contributed by atoms with Crippen LogP contribution in [0.5, 0.6) is 0 Å². The minimum absolute atomic E-state index is 0.379. The third-order valence-corrected chi connectivity index (χ3v) is 1.58. The predicted octanol–water partition coefficient (Wildman–Crippen LogP) is 2.40. The molecule has 66 valence electrons. The van der Waals surface area contributed by atoms with E-state index in [1.807, 2.05) is 36.4 Å². The van der Waals surface area contributed by atoms with Gasteiger partial charge in [-0.1, -0.05) is 36.4 Å². The Morgan fingerprint density at radius 2 is 1.58 bits per heavy atom. The number of epoxide rings is 1. The summed E-state index contributed by atoms with van der Waals surface area (Å²) in [6.45, 7) is 1.55. The van der Waals surface area contributed by atoms with Crippen LogP contribution in [0.4, 0.5) is 0 Å². The fourth-order valence-corrected chi connectivity index (χ4v) is 0.914. The van der Waals surface area contributed by atoms with Crippen molar-refractivity contribution < 1.29 is 8.57 Å². The summed E-state index contributed by atoms with van der Waals surface area (Å²) in [4.78, 5) is 0. The maximum absolute atomic E-state index is 4.79. The number of hydrogen-bond acceptors (Lipinski definition) is 2. The van der Waals surface area contributed by atoms with E-state index in [0.717, 1.165) is 6.61 Å². The second kappa shape index (κ2) is 6.17. The van der Waals surface area contributed by atoms with Crippen molar-refractivity contribution in [3.05, 3.63) is 36.4 Å². The Morgan fingerprint density at radius 3 is 1.75 bits per heavy atom. The average Bonchev–Trinajstić information content (AvgIpc) is 2.93. The van der Waals surface area contributed by atoms with Crippen molar-refractivity contribution in [2.75, 3.05) is 13.2 Å². The first kappa shape index (κ1) is 9.71. The molecule has 12 heavy (non-hydrogen) atoms. The SMILES string of the molecule is BrOCC1CO1.c1ccccc1. The van der Waals surface area contributed by atoms with Gasteiger partial charge < -0.3 is 8.57 Å². The van der Waals surface area contributed by atoms with Crippen molar-refractivity contribution in [3.63, 3.8) is 0 Å². The summed E-state index contributed by atoms with van der Waals surface area (Å²) in [7, 11) is 0. The molecule has 1 unspecified atom stereocenters. The quantitative estimate of drug-likeness (QED) is 0.729. The van der Waals surface area contributed by atoms with Gasteiger partial charge in [0.05, 0.1) is 29.5 Å². The lowest BCUT2D eigenvalue weighted by Gasteiger charge is -1.81. The summed E-state index contributed by atoms with van der Waals surface area (Å²) in [6.07, 6.45) is 0.379. The number of halogens is 1. The molecule has 1 heterocycles. The van der Waals surface area contributed by atoms with Crippen LogP contribution in [-0.2, 0) is 8.57 Å². The first-order valence-corrected chi connectivity index (χ1v) is 4.43. The van der Waals surface area contributed by atoms with Crippen LogP contribution < -0.4 is 0 Å². The molecule has 1 aromatic carbocycles. The molecule has 1 aliphatic heterocycles. The molecule has 0 N–H and O–H groups in total. The number of benzene rings is 1. The van der Waals surface area contributed by atoms with Crippen molar-refractivity contribution in [2.45, 2.75) is 6.10 Å². The van der Waals surface area contributed by atoms with Crippen LogP contribution in [0.1, 0.15) is 0 Å². The fraction of sp³-hybridized carbons (Fsp3) is 0.333. The van der Waals surface area contributed by atoms with E-state index in [4.69, 9.17) is 4.74 Å². The lowest BCUT2D eigenvalue weighted by atomic mass is 10.4. The van der Waals surface area contributed by atoms with Gasteiger partial charge in [0.2, 0.25) is 0 Å². The summed E-state index contributed by atoms with van der Waals surface area (Å²) >= 11 is 2.81. The Labute approximate surface area is 80.9 Å². The monoisotopic (exact) mass is 230 g/mol. The molecule has 1 fully saturated rings. The summed E-state index contributed by atoms with van der Waals surface area (Å²) in [6, 6.07) is 12.0. The molecule has 0 saturated carbocycles. The van der Waals surface area contributed by atoms with Crippen LogP contribution in [0, 0.1) is 0 Å². The third-order valence-electron chi connectivity index (χ3n) is 1.32. The molecule has 0 bridgehead atoms. The lowest BCUT2D eigenvalue weighted by molar-refractivity contribution is 0.307. The molecule has 1 aliphatic rings. The molecule has 0 radical (unpaired) electrons. The highest BCUT2D eigenvalue weighted by Crippen LogP contribution is 2.09. The first-order chi connectivity index (χ1) is 5.93. The minimum Gasteiger partial charge on any atom is -0.371 e. The first-order valence-electron chi connectivity index (χ1n) is 3.78. The second-order valence-corrected chi connectivity index (χ2v) is 2.84. The number of ether oxygens (including phenoxy) is 1. The molecule has 2 rings (SSSR count). The molecule has 2 nitrogen and oxygen atoms in total. The van der Waals surface area contributed by atoms with Crippen LogP contribution in [0.3, 0.4) is 0 Å². The van der Waals surface area contributed by atoms with E-state index in [2.05, 4.69) is 20.1 Å². The number of hydrogen-bond donors (Lipinski definition) is 0. The van der Waals surface area contributed by atoms with Gasteiger partial charge in [0, 0.05) is 0 Å². The van der Waals surface area contributed by atoms with Gasteiger partial charge in [0.25, 0.3) is 0 Å². The highest BCUT2D eigenvalue weighted by Gasteiger charge is 2.21. The van der Waals surface area contributed by atoms with Crippen LogP contribution in [0.2, 0.25) is 0 Å². The Balaban J connectivity index is 0.000000120. The van der Waals surface area contributed by atoms with Gasteiger partial charge in [0.15, 0.2) is 0 Å². The molecule has 0 aromatic heterocycles. The molecule has 3 heteroatoms. The van der Waals surface area contributed by atoms with Gasteiger partial charge >= 0.3 is 0 Å².